The summed E-state index contributed by atoms with van der Waals surface area (Å²) < 4.78 is 25.8. The fourth-order valence-corrected chi connectivity index (χ4v) is 2.73. The number of anilines is 1. The van der Waals surface area contributed by atoms with Gasteiger partial charge >= 0.3 is 0 Å². The van der Waals surface area contributed by atoms with E-state index in [1.807, 2.05) is 31.2 Å². The molecule has 2 aromatic rings. The molecule has 130 valence electrons. The van der Waals surface area contributed by atoms with Crippen LogP contribution in [0.4, 0.5) is 5.69 Å². The van der Waals surface area contributed by atoms with Crippen LogP contribution < -0.4 is 15.8 Å². The predicted octanol–water partition coefficient (Wildman–Crippen LogP) is 2.45. The quantitative estimate of drug-likeness (QED) is 0.363. The van der Waals surface area contributed by atoms with Crippen LogP contribution in [0.25, 0.3) is 0 Å². The Morgan fingerprint density at radius 1 is 1.17 bits per heavy atom. The molecule has 0 aliphatic rings. The molecule has 0 aliphatic heterocycles. The fourth-order valence-electron chi connectivity index (χ4n) is 1.93. The van der Waals surface area contributed by atoms with Gasteiger partial charge in [-0.15, -0.1) is 24.0 Å². The van der Waals surface area contributed by atoms with E-state index in [-0.39, 0.29) is 41.4 Å². The van der Waals surface area contributed by atoms with Crippen molar-refractivity contribution in [2.24, 2.45) is 10.7 Å². The first-order chi connectivity index (χ1) is 10.9. The summed E-state index contributed by atoms with van der Waals surface area (Å²) in [6, 6.07) is 14.4. The first-order valence-corrected chi connectivity index (χ1v) is 8.55. The van der Waals surface area contributed by atoms with E-state index in [0.717, 1.165) is 16.8 Å². The average Bonchev–Trinajstić information content (AvgIpc) is 2.55. The summed E-state index contributed by atoms with van der Waals surface area (Å²) in [4.78, 5) is 4.44. The van der Waals surface area contributed by atoms with Gasteiger partial charge in [0, 0.05) is 5.69 Å². The molecule has 0 fully saturated rings. The number of hydrogen-bond acceptors (Lipinski definition) is 3. The third-order valence-corrected chi connectivity index (χ3v) is 4.65. The fraction of sp³-hybridized carbons (Fsp3) is 0.188. The van der Waals surface area contributed by atoms with Crippen LogP contribution >= 0.6 is 24.0 Å². The van der Waals surface area contributed by atoms with Crippen LogP contribution in [0, 0.1) is 6.92 Å². The number of halogens is 1. The molecule has 0 aromatic heterocycles. The molecule has 0 saturated carbocycles. The third kappa shape index (κ3) is 5.77. The SMILES string of the molecule is CNS(=O)(=O)c1cccc(CN=C(N)Nc2ccc(C)cc2)c1.I. The molecule has 8 heteroatoms. The van der Waals surface area contributed by atoms with Gasteiger partial charge in [-0.1, -0.05) is 29.8 Å². The molecule has 0 aliphatic carbocycles. The first-order valence-electron chi connectivity index (χ1n) is 7.07. The maximum atomic E-state index is 11.8. The molecule has 4 N–H and O–H groups in total. The summed E-state index contributed by atoms with van der Waals surface area (Å²) in [5.74, 6) is 0.274. The molecule has 0 unspecified atom stereocenters. The zero-order valence-electron chi connectivity index (χ0n) is 13.5. The largest absolute Gasteiger partial charge is 0.370 e. The molecular weight excluding hydrogens is 439 g/mol. The molecule has 0 radical (unpaired) electrons. The Labute approximate surface area is 159 Å². The lowest BCUT2D eigenvalue weighted by atomic mass is 10.2. The van der Waals surface area contributed by atoms with Gasteiger partial charge in [0.1, 0.15) is 0 Å². The van der Waals surface area contributed by atoms with Crippen LogP contribution in [0.5, 0.6) is 0 Å². The topological polar surface area (TPSA) is 96.6 Å². The van der Waals surface area contributed by atoms with Crippen molar-refractivity contribution in [3.63, 3.8) is 0 Å². The number of aliphatic imine (C=N–C) groups is 1. The zero-order chi connectivity index (χ0) is 16.9. The van der Waals surface area contributed by atoms with E-state index in [0.29, 0.717) is 0 Å². The molecule has 0 bridgehead atoms. The van der Waals surface area contributed by atoms with Crippen molar-refractivity contribution in [3.8, 4) is 0 Å². The van der Waals surface area contributed by atoms with Gasteiger partial charge in [-0.25, -0.2) is 18.1 Å². The van der Waals surface area contributed by atoms with Crippen molar-refractivity contribution in [1.29, 1.82) is 0 Å². The Kier molecular flexibility index (Phi) is 7.64. The van der Waals surface area contributed by atoms with Crippen molar-refractivity contribution < 1.29 is 8.42 Å². The number of hydrogen-bond donors (Lipinski definition) is 3. The van der Waals surface area contributed by atoms with E-state index in [4.69, 9.17) is 5.73 Å². The van der Waals surface area contributed by atoms with Gasteiger partial charge in [0.15, 0.2) is 5.96 Å². The lowest BCUT2D eigenvalue weighted by molar-refractivity contribution is 0.588. The van der Waals surface area contributed by atoms with E-state index in [9.17, 15) is 8.42 Å². The number of aryl methyl sites for hydroxylation is 1. The Bertz CT molecular complexity index is 805. The highest BCUT2D eigenvalue weighted by Gasteiger charge is 2.11. The van der Waals surface area contributed by atoms with Crippen LogP contribution in [0.3, 0.4) is 0 Å². The van der Waals surface area contributed by atoms with E-state index in [2.05, 4.69) is 15.0 Å². The minimum atomic E-state index is -3.46. The number of benzene rings is 2. The number of sulfonamides is 1. The molecular formula is C16H21IN4O2S. The number of nitrogens with two attached hydrogens (primary N) is 1. The van der Waals surface area contributed by atoms with Gasteiger partial charge in [0.25, 0.3) is 0 Å². The van der Waals surface area contributed by atoms with Crippen LogP contribution in [-0.4, -0.2) is 21.4 Å². The second-order valence-corrected chi connectivity index (χ2v) is 6.93. The Morgan fingerprint density at radius 2 is 1.83 bits per heavy atom. The van der Waals surface area contributed by atoms with Crippen LogP contribution in [0.15, 0.2) is 58.4 Å². The van der Waals surface area contributed by atoms with E-state index < -0.39 is 10.0 Å². The van der Waals surface area contributed by atoms with Crippen molar-refractivity contribution >= 4 is 45.6 Å². The number of nitrogens with zero attached hydrogens (tertiary/aromatic N) is 1. The molecule has 24 heavy (non-hydrogen) atoms. The molecule has 6 nitrogen and oxygen atoms in total. The van der Waals surface area contributed by atoms with Crippen LogP contribution in [0.1, 0.15) is 11.1 Å². The lowest BCUT2D eigenvalue weighted by Crippen LogP contribution is -2.22. The molecule has 0 atom stereocenters. The molecule has 0 saturated heterocycles. The molecule has 2 rings (SSSR count). The maximum absolute atomic E-state index is 11.8. The molecule has 0 heterocycles. The Balaban J connectivity index is 0.00000288. The number of rotatable bonds is 5. The van der Waals surface area contributed by atoms with Gasteiger partial charge in [-0.05, 0) is 43.8 Å². The minimum absolute atomic E-state index is 0. The van der Waals surface area contributed by atoms with E-state index >= 15 is 0 Å². The highest BCUT2D eigenvalue weighted by atomic mass is 127. The standard InChI is InChI=1S/C16H20N4O2S.HI/c1-12-6-8-14(9-7-12)20-16(17)19-11-13-4-3-5-15(10-13)23(21,22)18-2;/h3-10,18H,11H2,1-2H3,(H3,17,19,20);1H. The zero-order valence-corrected chi connectivity index (χ0v) is 16.6. The van der Waals surface area contributed by atoms with Crippen molar-refractivity contribution in [3.05, 3.63) is 59.7 Å². The monoisotopic (exact) mass is 460 g/mol. The number of nitrogens with one attached hydrogen (secondary N) is 2. The Hall–Kier alpha value is -1.65. The highest BCUT2D eigenvalue weighted by Crippen LogP contribution is 2.12. The van der Waals surface area contributed by atoms with Gasteiger partial charge < -0.3 is 11.1 Å². The summed E-state index contributed by atoms with van der Waals surface area (Å²) in [5.41, 5.74) is 8.62. The van der Waals surface area contributed by atoms with E-state index in [1.54, 1.807) is 18.2 Å². The van der Waals surface area contributed by atoms with E-state index in [1.165, 1.54) is 13.1 Å². The number of guanidine groups is 1. The van der Waals surface area contributed by atoms with Crippen molar-refractivity contribution in [2.45, 2.75) is 18.4 Å². The van der Waals surface area contributed by atoms with Crippen LogP contribution in [-0.2, 0) is 16.6 Å². The Morgan fingerprint density at radius 3 is 2.46 bits per heavy atom. The summed E-state index contributed by atoms with van der Waals surface area (Å²) in [5, 5.41) is 2.99. The molecule has 0 amide bonds. The second-order valence-electron chi connectivity index (χ2n) is 5.05. The minimum Gasteiger partial charge on any atom is -0.370 e. The molecule has 2 aromatic carbocycles. The smallest absolute Gasteiger partial charge is 0.240 e. The maximum Gasteiger partial charge on any atom is 0.240 e. The average molecular weight is 460 g/mol. The van der Waals surface area contributed by atoms with Crippen molar-refractivity contribution in [1.82, 2.24) is 4.72 Å². The van der Waals surface area contributed by atoms with Gasteiger partial charge in [0.2, 0.25) is 10.0 Å². The first kappa shape index (κ1) is 20.4. The summed E-state index contributed by atoms with van der Waals surface area (Å²) >= 11 is 0. The summed E-state index contributed by atoms with van der Waals surface area (Å²) in [6.45, 7) is 2.30. The van der Waals surface area contributed by atoms with Crippen LogP contribution in [0.2, 0.25) is 0 Å². The molecule has 0 spiro atoms. The third-order valence-electron chi connectivity index (χ3n) is 3.23. The lowest BCUT2D eigenvalue weighted by Gasteiger charge is -2.07. The summed E-state index contributed by atoms with van der Waals surface area (Å²) in [7, 11) is -2.08. The van der Waals surface area contributed by atoms with Crippen molar-refractivity contribution in [2.75, 3.05) is 12.4 Å². The van der Waals surface area contributed by atoms with Gasteiger partial charge in [0.05, 0.1) is 11.4 Å². The van der Waals surface area contributed by atoms with Gasteiger partial charge in [-0.2, -0.15) is 0 Å². The predicted molar refractivity (Wildman–Crippen MR) is 108 cm³/mol. The summed E-state index contributed by atoms with van der Waals surface area (Å²) in [6.07, 6.45) is 0. The highest BCUT2D eigenvalue weighted by molar-refractivity contribution is 14.0. The van der Waals surface area contributed by atoms with Gasteiger partial charge in [-0.3, -0.25) is 0 Å². The second kappa shape index (κ2) is 9.00. The normalized spacial score (nSPS) is 11.7.